The lowest BCUT2D eigenvalue weighted by molar-refractivity contribution is -0.118. The van der Waals surface area contributed by atoms with E-state index in [0.717, 1.165) is 0 Å². The van der Waals surface area contributed by atoms with Crippen molar-refractivity contribution >= 4 is 17.8 Å². The summed E-state index contributed by atoms with van der Waals surface area (Å²) < 4.78 is 10.3. The molecule has 0 spiro atoms. The molecule has 0 saturated carbocycles. The number of nitrogens with zero attached hydrogens (tertiary/aromatic N) is 2. The van der Waals surface area contributed by atoms with E-state index < -0.39 is 11.9 Å². The molecule has 0 bridgehead atoms. The van der Waals surface area contributed by atoms with Crippen LogP contribution in [0.4, 0.5) is 5.88 Å². The molecule has 1 aromatic carbocycles. The van der Waals surface area contributed by atoms with E-state index in [4.69, 9.17) is 9.26 Å². The van der Waals surface area contributed by atoms with Crippen LogP contribution in [0.25, 0.3) is 11.3 Å². The second kappa shape index (κ2) is 7.26. The number of carbonyl (C=O) groups excluding carboxylic acids is 1. The topological polar surface area (TPSA) is 115 Å². The van der Waals surface area contributed by atoms with Crippen molar-refractivity contribution in [2.75, 3.05) is 11.9 Å². The summed E-state index contributed by atoms with van der Waals surface area (Å²) >= 11 is 0. The highest BCUT2D eigenvalue weighted by Crippen LogP contribution is 2.28. The maximum absolute atomic E-state index is 12.0. The van der Waals surface area contributed by atoms with E-state index in [1.165, 1.54) is 6.20 Å². The van der Waals surface area contributed by atoms with Gasteiger partial charge in [0.05, 0.1) is 0 Å². The van der Waals surface area contributed by atoms with Crippen LogP contribution in [0, 0.1) is 0 Å². The standard InChI is InChI=1S/C17H13N3O5/c21-13(10-24-12-6-2-1-3-7-12)19-16-14(17(22)23)15(20-25-16)11-5-4-8-18-9-11/h1-9H,10H2,(H,19,21)(H,22,23). The number of carbonyl (C=O) groups is 2. The van der Waals surface area contributed by atoms with E-state index in [2.05, 4.69) is 15.5 Å². The van der Waals surface area contributed by atoms with Crippen molar-refractivity contribution in [1.82, 2.24) is 10.1 Å². The second-order valence-corrected chi connectivity index (χ2v) is 4.93. The van der Waals surface area contributed by atoms with Gasteiger partial charge in [-0.15, -0.1) is 0 Å². The molecule has 0 radical (unpaired) electrons. The molecule has 0 aliphatic carbocycles. The van der Waals surface area contributed by atoms with Gasteiger partial charge in [0.1, 0.15) is 11.4 Å². The van der Waals surface area contributed by atoms with Crippen LogP contribution in [0.2, 0.25) is 0 Å². The van der Waals surface area contributed by atoms with Gasteiger partial charge in [0.25, 0.3) is 5.91 Å². The quantitative estimate of drug-likeness (QED) is 0.709. The number of carboxylic acids is 1. The molecule has 8 nitrogen and oxygen atoms in total. The summed E-state index contributed by atoms with van der Waals surface area (Å²) in [6.45, 7) is -0.300. The monoisotopic (exact) mass is 339 g/mol. The van der Waals surface area contributed by atoms with Gasteiger partial charge < -0.3 is 14.4 Å². The average molecular weight is 339 g/mol. The molecule has 0 unspecified atom stereocenters. The van der Waals surface area contributed by atoms with Gasteiger partial charge >= 0.3 is 5.97 Å². The van der Waals surface area contributed by atoms with Crippen LogP contribution < -0.4 is 10.1 Å². The van der Waals surface area contributed by atoms with Crippen molar-refractivity contribution in [3.8, 4) is 17.0 Å². The fraction of sp³-hybridized carbons (Fsp3) is 0.0588. The van der Waals surface area contributed by atoms with Crippen molar-refractivity contribution in [2.45, 2.75) is 0 Å². The van der Waals surface area contributed by atoms with Gasteiger partial charge in [-0.2, -0.15) is 0 Å². The first-order valence-corrected chi connectivity index (χ1v) is 7.26. The largest absolute Gasteiger partial charge is 0.484 e. The third kappa shape index (κ3) is 3.81. The predicted molar refractivity (Wildman–Crippen MR) is 87.3 cm³/mol. The highest BCUT2D eigenvalue weighted by Gasteiger charge is 2.25. The SMILES string of the molecule is O=C(COc1ccccc1)Nc1onc(-c2cccnc2)c1C(=O)O. The van der Waals surface area contributed by atoms with Crippen LogP contribution in [0.1, 0.15) is 10.4 Å². The molecular formula is C17H13N3O5. The van der Waals surface area contributed by atoms with Gasteiger partial charge in [0.15, 0.2) is 12.2 Å². The molecular weight excluding hydrogens is 326 g/mol. The molecule has 3 rings (SSSR count). The van der Waals surface area contributed by atoms with Crippen LogP contribution in [0.3, 0.4) is 0 Å². The molecule has 0 fully saturated rings. The van der Waals surface area contributed by atoms with E-state index in [1.807, 2.05) is 6.07 Å². The number of carboxylic acid groups (broad SMARTS) is 1. The highest BCUT2D eigenvalue weighted by atomic mass is 16.5. The van der Waals surface area contributed by atoms with Gasteiger partial charge in [-0.3, -0.25) is 15.1 Å². The maximum atomic E-state index is 12.0. The summed E-state index contributed by atoms with van der Waals surface area (Å²) in [5.41, 5.74) is 0.297. The minimum absolute atomic E-state index is 0.0832. The number of nitrogens with one attached hydrogen (secondary N) is 1. The fourth-order valence-electron chi connectivity index (χ4n) is 2.10. The molecule has 8 heteroatoms. The van der Waals surface area contributed by atoms with Crippen molar-refractivity contribution in [3.05, 3.63) is 60.4 Å². The molecule has 1 amide bonds. The number of hydrogen-bond donors (Lipinski definition) is 2. The normalized spacial score (nSPS) is 10.2. The molecule has 3 aromatic rings. The number of rotatable bonds is 6. The zero-order valence-corrected chi connectivity index (χ0v) is 12.9. The number of ether oxygens (including phenoxy) is 1. The average Bonchev–Trinajstić information content (AvgIpc) is 3.05. The molecule has 2 N–H and O–H groups in total. The van der Waals surface area contributed by atoms with Gasteiger partial charge in [0, 0.05) is 18.0 Å². The van der Waals surface area contributed by atoms with Gasteiger partial charge in [-0.05, 0) is 24.3 Å². The number of hydrogen-bond acceptors (Lipinski definition) is 6. The Hall–Kier alpha value is -3.68. The smallest absolute Gasteiger partial charge is 0.343 e. The fourth-order valence-corrected chi connectivity index (χ4v) is 2.10. The maximum Gasteiger partial charge on any atom is 0.343 e. The van der Waals surface area contributed by atoms with Crippen LogP contribution in [-0.4, -0.2) is 33.7 Å². The zero-order valence-electron chi connectivity index (χ0n) is 12.9. The third-order valence-corrected chi connectivity index (χ3v) is 3.21. The lowest BCUT2D eigenvalue weighted by Gasteiger charge is -2.05. The Morgan fingerprint density at radius 1 is 1.16 bits per heavy atom. The zero-order chi connectivity index (χ0) is 17.6. The van der Waals surface area contributed by atoms with Crippen molar-refractivity contribution in [1.29, 1.82) is 0 Å². The summed E-state index contributed by atoms with van der Waals surface area (Å²) in [4.78, 5) is 27.4. The number of amides is 1. The molecule has 0 atom stereocenters. The summed E-state index contributed by atoms with van der Waals surface area (Å²) in [7, 11) is 0. The number of para-hydroxylation sites is 1. The van der Waals surface area contributed by atoms with Crippen molar-refractivity contribution in [2.24, 2.45) is 0 Å². The number of pyridine rings is 1. The Morgan fingerprint density at radius 3 is 2.64 bits per heavy atom. The predicted octanol–water partition coefficient (Wildman–Crippen LogP) is 2.45. The lowest BCUT2D eigenvalue weighted by atomic mass is 10.1. The molecule has 0 aliphatic heterocycles. The van der Waals surface area contributed by atoms with Crippen LogP contribution in [0.5, 0.6) is 5.75 Å². The van der Waals surface area contributed by atoms with Gasteiger partial charge in [-0.1, -0.05) is 23.4 Å². The number of aromatic carboxylic acids is 1. The van der Waals surface area contributed by atoms with Crippen molar-refractivity contribution < 1.29 is 24.0 Å². The first-order valence-electron chi connectivity index (χ1n) is 7.26. The number of anilines is 1. The van der Waals surface area contributed by atoms with E-state index >= 15 is 0 Å². The van der Waals surface area contributed by atoms with Crippen molar-refractivity contribution in [3.63, 3.8) is 0 Å². The minimum Gasteiger partial charge on any atom is -0.484 e. The molecule has 2 aromatic heterocycles. The minimum atomic E-state index is -1.28. The Bertz CT molecular complexity index is 878. The van der Waals surface area contributed by atoms with Crippen LogP contribution >= 0.6 is 0 Å². The molecule has 2 heterocycles. The van der Waals surface area contributed by atoms with E-state index in [9.17, 15) is 14.7 Å². The number of aromatic nitrogens is 2. The van der Waals surface area contributed by atoms with Gasteiger partial charge in [0.2, 0.25) is 5.88 Å². The summed E-state index contributed by atoms with van der Waals surface area (Å²) in [6.07, 6.45) is 3.00. The summed E-state index contributed by atoms with van der Waals surface area (Å²) in [6, 6.07) is 12.0. The molecule has 0 saturated heterocycles. The summed E-state index contributed by atoms with van der Waals surface area (Å²) in [5, 5.41) is 15.5. The van der Waals surface area contributed by atoms with Crippen LogP contribution in [0.15, 0.2) is 59.4 Å². The second-order valence-electron chi connectivity index (χ2n) is 4.93. The Morgan fingerprint density at radius 2 is 1.96 bits per heavy atom. The van der Waals surface area contributed by atoms with E-state index in [0.29, 0.717) is 11.3 Å². The third-order valence-electron chi connectivity index (χ3n) is 3.21. The summed E-state index contributed by atoms with van der Waals surface area (Å²) in [5.74, 6) is -1.59. The molecule has 126 valence electrons. The molecule has 0 aliphatic rings. The van der Waals surface area contributed by atoms with Gasteiger partial charge in [-0.25, -0.2) is 4.79 Å². The molecule has 25 heavy (non-hydrogen) atoms. The number of benzene rings is 1. The highest BCUT2D eigenvalue weighted by molar-refractivity contribution is 6.03. The lowest BCUT2D eigenvalue weighted by Crippen LogP contribution is -2.21. The first-order chi connectivity index (χ1) is 12.1. The van der Waals surface area contributed by atoms with E-state index in [-0.39, 0.29) is 23.7 Å². The van der Waals surface area contributed by atoms with Crippen LogP contribution in [-0.2, 0) is 4.79 Å². The first kappa shape index (κ1) is 16.2. The Balaban J connectivity index is 1.75. The Kier molecular flexibility index (Phi) is 4.70. The Labute approximate surface area is 142 Å². The van der Waals surface area contributed by atoms with E-state index in [1.54, 1.807) is 42.6 Å².